The Morgan fingerprint density at radius 3 is 1.10 bits per heavy atom. The standard InChI is InChI=1S/C36H59O4P/c1-2-3-4-5-6-7-8-9-10-11-12-13-14-15-16-17-18-19-20-27-32-38-41(37,39-33-35-28-23-21-24-29-35)40-34-36-30-25-22-26-31-36/h21-26,28-31H,2-20,27,32-34H2,1H3. The largest absolute Gasteiger partial charge is 0.475 e. The third-order valence-corrected chi connectivity index (χ3v) is 9.10. The van der Waals surface area contributed by atoms with Crippen LogP contribution >= 0.6 is 7.82 Å². The van der Waals surface area contributed by atoms with Gasteiger partial charge in [0, 0.05) is 0 Å². The lowest BCUT2D eigenvalue weighted by molar-refractivity contribution is 0.101. The van der Waals surface area contributed by atoms with E-state index in [1.807, 2.05) is 60.7 Å². The molecule has 0 unspecified atom stereocenters. The summed E-state index contributed by atoms with van der Waals surface area (Å²) >= 11 is 0. The summed E-state index contributed by atoms with van der Waals surface area (Å²) in [4.78, 5) is 0. The fraction of sp³-hybridized carbons (Fsp3) is 0.667. The van der Waals surface area contributed by atoms with E-state index in [2.05, 4.69) is 6.92 Å². The van der Waals surface area contributed by atoms with Crippen LogP contribution in [0.25, 0.3) is 0 Å². The summed E-state index contributed by atoms with van der Waals surface area (Å²) in [6, 6.07) is 19.4. The van der Waals surface area contributed by atoms with Gasteiger partial charge in [-0.05, 0) is 17.5 Å². The average molecular weight is 587 g/mol. The van der Waals surface area contributed by atoms with E-state index in [0.29, 0.717) is 6.61 Å². The first-order valence-electron chi connectivity index (χ1n) is 16.8. The van der Waals surface area contributed by atoms with Crippen LogP contribution in [0.1, 0.15) is 146 Å². The van der Waals surface area contributed by atoms with Crippen molar-refractivity contribution in [1.29, 1.82) is 0 Å². The maximum atomic E-state index is 13.3. The van der Waals surface area contributed by atoms with E-state index in [4.69, 9.17) is 13.6 Å². The highest BCUT2D eigenvalue weighted by molar-refractivity contribution is 7.48. The minimum atomic E-state index is -3.65. The Balaban J connectivity index is 1.43. The molecule has 0 radical (unpaired) electrons. The maximum absolute atomic E-state index is 13.3. The van der Waals surface area contributed by atoms with Gasteiger partial charge in [0.25, 0.3) is 0 Å². The maximum Gasteiger partial charge on any atom is 0.475 e. The number of rotatable bonds is 28. The van der Waals surface area contributed by atoms with E-state index in [0.717, 1.165) is 24.0 Å². The van der Waals surface area contributed by atoms with Crippen molar-refractivity contribution in [3.8, 4) is 0 Å². The second-order valence-corrected chi connectivity index (χ2v) is 13.2. The minimum Gasteiger partial charge on any atom is -0.287 e. The Morgan fingerprint density at radius 2 is 0.756 bits per heavy atom. The van der Waals surface area contributed by atoms with Crippen LogP contribution in [0.2, 0.25) is 0 Å². The first-order valence-corrected chi connectivity index (χ1v) is 18.3. The lowest BCUT2D eigenvalue weighted by atomic mass is 10.0. The molecule has 0 saturated heterocycles. The lowest BCUT2D eigenvalue weighted by Gasteiger charge is -2.18. The van der Waals surface area contributed by atoms with E-state index in [-0.39, 0.29) is 13.2 Å². The molecule has 41 heavy (non-hydrogen) atoms. The van der Waals surface area contributed by atoms with Crippen molar-refractivity contribution in [2.24, 2.45) is 0 Å². The zero-order chi connectivity index (χ0) is 29.1. The van der Waals surface area contributed by atoms with E-state index >= 15 is 0 Å². The predicted octanol–water partition coefficient (Wildman–Crippen LogP) is 12.4. The molecule has 0 atom stereocenters. The number of phosphoric acid groups is 1. The summed E-state index contributed by atoms with van der Waals surface area (Å²) in [6.45, 7) is 3.08. The molecule has 2 rings (SSSR count). The number of hydrogen-bond donors (Lipinski definition) is 0. The topological polar surface area (TPSA) is 44.8 Å². The number of unbranched alkanes of at least 4 members (excludes halogenated alkanes) is 19. The van der Waals surface area contributed by atoms with Gasteiger partial charge in [-0.25, -0.2) is 4.57 Å². The molecule has 0 amide bonds. The first kappa shape index (κ1) is 35.7. The van der Waals surface area contributed by atoms with Crippen LogP contribution in [0.5, 0.6) is 0 Å². The molecule has 232 valence electrons. The number of phosphoric ester groups is 1. The van der Waals surface area contributed by atoms with Crippen molar-refractivity contribution >= 4 is 7.82 Å². The summed E-state index contributed by atoms with van der Waals surface area (Å²) in [5.41, 5.74) is 1.89. The highest BCUT2D eigenvalue weighted by Crippen LogP contribution is 2.51. The summed E-state index contributed by atoms with van der Waals surface area (Å²) in [6.07, 6.45) is 27.0. The molecule has 2 aromatic carbocycles. The second kappa shape index (κ2) is 25.1. The van der Waals surface area contributed by atoms with Gasteiger partial charge in [-0.2, -0.15) is 0 Å². The van der Waals surface area contributed by atoms with Crippen LogP contribution in [0, 0.1) is 0 Å². The molecule has 4 nitrogen and oxygen atoms in total. The van der Waals surface area contributed by atoms with Crippen LogP contribution in [-0.2, 0) is 31.4 Å². The van der Waals surface area contributed by atoms with Crippen LogP contribution in [0.4, 0.5) is 0 Å². The van der Waals surface area contributed by atoms with Gasteiger partial charge in [0.2, 0.25) is 0 Å². The van der Waals surface area contributed by atoms with Crippen molar-refractivity contribution in [3.63, 3.8) is 0 Å². The Labute approximate surface area is 252 Å². The molecular weight excluding hydrogens is 527 g/mol. The summed E-state index contributed by atoms with van der Waals surface area (Å²) in [5, 5.41) is 0. The quantitative estimate of drug-likeness (QED) is 0.0735. The molecule has 0 N–H and O–H groups in total. The summed E-state index contributed by atoms with van der Waals surface area (Å²) in [5.74, 6) is 0. The monoisotopic (exact) mass is 586 g/mol. The Kier molecular flexibility index (Phi) is 21.9. The Hall–Kier alpha value is -1.45. The van der Waals surface area contributed by atoms with Crippen molar-refractivity contribution in [2.75, 3.05) is 6.61 Å². The molecule has 0 aliphatic rings. The van der Waals surface area contributed by atoms with E-state index in [1.54, 1.807) is 0 Å². The minimum absolute atomic E-state index is 0.201. The first-order chi connectivity index (χ1) is 20.2. The van der Waals surface area contributed by atoms with Crippen LogP contribution in [-0.4, -0.2) is 6.61 Å². The number of hydrogen-bond acceptors (Lipinski definition) is 4. The van der Waals surface area contributed by atoms with Crippen molar-refractivity contribution in [1.82, 2.24) is 0 Å². The van der Waals surface area contributed by atoms with Crippen LogP contribution < -0.4 is 0 Å². The zero-order valence-electron chi connectivity index (χ0n) is 26.1. The normalized spacial score (nSPS) is 11.7. The van der Waals surface area contributed by atoms with Gasteiger partial charge in [-0.3, -0.25) is 13.6 Å². The molecule has 0 bridgehead atoms. The van der Waals surface area contributed by atoms with Gasteiger partial charge in [0.15, 0.2) is 0 Å². The van der Waals surface area contributed by atoms with Gasteiger partial charge < -0.3 is 0 Å². The zero-order valence-corrected chi connectivity index (χ0v) is 27.0. The van der Waals surface area contributed by atoms with Crippen molar-refractivity contribution in [2.45, 2.75) is 149 Å². The Morgan fingerprint density at radius 1 is 0.439 bits per heavy atom. The van der Waals surface area contributed by atoms with E-state index < -0.39 is 7.82 Å². The SMILES string of the molecule is CCCCCCCCCCCCCCCCCCCCCCOP(=O)(OCc1ccccc1)OCc1ccccc1. The van der Waals surface area contributed by atoms with Crippen molar-refractivity contribution < 1.29 is 18.1 Å². The molecule has 5 heteroatoms. The fourth-order valence-corrected chi connectivity index (χ4v) is 6.29. The van der Waals surface area contributed by atoms with Crippen LogP contribution in [0.15, 0.2) is 60.7 Å². The third-order valence-electron chi connectivity index (χ3n) is 7.71. The van der Waals surface area contributed by atoms with E-state index in [1.165, 1.54) is 116 Å². The lowest BCUT2D eigenvalue weighted by Crippen LogP contribution is -2.03. The van der Waals surface area contributed by atoms with Gasteiger partial charge in [0.1, 0.15) is 0 Å². The summed E-state index contributed by atoms with van der Waals surface area (Å²) < 4.78 is 30.4. The average Bonchev–Trinajstić information content (AvgIpc) is 3.01. The molecule has 2 aromatic rings. The highest BCUT2D eigenvalue weighted by Gasteiger charge is 2.26. The second-order valence-electron chi connectivity index (χ2n) is 11.5. The molecule has 0 heterocycles. The van der Waals surface area contributed by atoms with E-state index in [9.17, 15) is 4.57 Å². The molecular formula is C36H59O4P. The predicted molar refractivity (Wildman–Crippen MR) is 174 cm³/mol. The molecule has 0 aromatic heterocycles. The Bertz CT molecular complexity index is 826. The third kappa shape index (κ3) is 20.2. The smallest absolute Gasteiger partial charge is 0.287 e. The van der Waals surface area contributed by atoms with Gasteiger partial charge in [-0.1, -0.05) is 190 Å². The highest BCUT2D eigenvalue weighted by atomic mass is 31.2. The molecule has 0 aliphatic carbocycles. The van der Waals surface area contributed by atoms with Gasteiger partial charge >= 0.3 is 7.82 Å². The van der Waals surface area contributed by atoms with Gasteiger partial charge in [0.05, 0.1) is 19.8 Å². The fourth-order valence-electron chi connectivity index (χ4n) is 5.10. The molecule has 0 aliphatic heterocycles. The molecule has 0 fully saturated rings. The summed E-state index contributed by atoms with van der Waals surface area (Å²) in [7, 11) is -3.65. The molecule has 0 spiro atoms. The van der Waals surface area contributed by atoms with Crippen molar-refractivity contribution in [3.05, 3.63) is 71.8 Å². The number of benzene rings is 2. The molecule has 0 saturated carbocycles. The van der Waals surface area contributed by atoms with Gasteiger partial charge in [-0.15, -0.1) is 0 Å². The van der Waals surface area contributed by atoms with Crippen LogP contribution in [0.3, 0.4) is 0 Å².